The van der Waals surface area contributed by atoms with Gasteiger partial charge in [0.15, 0.2) is 0 Å². The fourth-order valence-corrected chi connectivity index (χ4v) is 4.18. The topological polar surface area (TPSA) is 55.2 Å². The van der Waals surface area contributed by atoms with Crippen LogP contribution >= 0.6 is 0 Å². The summed E-state index contributed by atoms with van der Waals surface area (Å²) in [7, 11) is 0.955. The number of carbonyl (C=O) groups is 1. The number of aryl methyl sites for hydroxylation is 2. The molecule has 2 atom stereocenters. The van der Waals surface area contributed by atoms with Gasteiger partial charge in [-0.05, 0) is 24.1 Å². The molecule has 0 spiro atoms. The lowest BCUT2D eigenvalue weighted by atomic mass is 10.1. The predicted molar refractivity (Wildman–Crippen MR) is 90.7 cm³/mol. The third-order valence-electron chi connectivity index (χ3n) is 4.26. The summed E-state index contributed by atoms with van der Waals surface area (Å²) in [5.41, 5.74) is 2.84. The molecule has 1 aromatic heterocycles. The summed E-state index contributed by atoms with van der Waals surface area (Å²) in [5.74, 6) is 1.01. The molecule has 122 valence electrons. The molecule has 0 saturated carbocycles. The quantitative estimate of drug-likeness (QED) is 0.863. The molecular weight excluding hydrogens is 310 g/mol. The second-order valence-electron chi connectivity index (χ2n) is 5.82. The monoisotopic (exact) mass is 331 g/mol. The van der Waals surface area contributed by atoms with Crippen molar-refractivity contribution in [3.8, 4) is 0 Å². The van der Waals surface area contributed by atoms with Crippen molar-refractivity contribution >= 4 is 16.7 Å². The Kier molecular flexibility index (Phi) is 4.61. The third-order valence-corrected chi connectivity index (χ3v) is 5.58. The molecule has 1 aromatic carbocycles. The van der Waals surface area contributed by atoms with Crippen LogP contribution in [-0.2, 0) is 24.3 Å². The van der Waals surface area contributed by atoms with Crippen LogP contribution in [0.1, 0.15) is 34.5 Å². The van der Waals surface area contributed by atoms with Crippen LogP contribution in [0.15, 0.2) is 36.7 Å². The first kappa shape index (κ1) is 15.9. The van der Waals surface area contributed by atoms with Gasteiger partial charge in [0.25, 0.3) is 5.91 Å². The summed E-state index contributed by atoms with van der Waals surface area (Å²) in [4.78, 5) is 14.7. The van der Waals surface area contributed by atoms with E-state index in [1.165, 1.54) is 5.56 Å². The van der Waals surface area contributed by atoms with E-state index >= 15 is 0 Å². The van der Waals surface area contributed by atoms with Crippen LogP contribution in [0, 0.1) is 0 Å². The van der Waals surface area contributed by atoms with E-state index < -0.39 is 10.8 Å². The first-order chi connectivity index (χ1) is 11.1. The van der Waals surface area contributed by atoms with E-state index in [2.05, 4.69) is 12.0 Å². The largest absolute Gasteiger partial charge is 0.330 e. The Balaban J connectivity index is 1.87. The maximum absolute atomic E-state index is 12.9. The van der Waals surface area contributed by atoms with Crippen LogP contribution in [0.25, 0.3) is 0 Å². The van der Waals surface area contributed by atoms with Crippen molar-refractivity contribution in [3.05, 3.63) is 53.3 Å². The Morgan fingerprint density at radius 3 is 2.70 bits per heavy atom. The number of hydrogen-bond acceptors (Lipinski definition) is 3. The lowest BCUT2D eigenvalue weighted by molar-refractivity contribution is 0.0699. The first-order valence-electron chi connectivity index (χ1n) is 7.82. The average Bonchev–Trinajstić information content (AvgIpc) is 3.00. The maximum atomic E-state index is 12.9. The SMILES string of the molecule is CCc1ccc(C(=O)N2CC[S@](=O)C[C@@H]2c2cnn(C)c2)cc1. The van der Waals surface area contributed by atoms with Gasteiger partial charge in [0.1, 0.15) is 0 Å². The minimum atomic E-state index is -0.891. The summed E-state index contributed by atoms with van der Waals surface area (Å²) in [6.07, 6.45) is 4.61. The maximum Gasteiger partial charge on any atom is 0.254 e. The summed E-state index contributed by atoms with van der Waals surface area (Å²) >= 11 is 0. The molecule has 6 heteroatoms. The normalized spacial score (nSPS) is 21.4. The Labute approximate surface area is 138 Å². The molecule has 0 bridgehead atoms. The number of nitrogens with zero attached hydrogens (tertiary/aromatic N) is 3. The van der Waals surface area contributed by atoms with Crippen molar-refractivity contribution in [2.75, 3.05) is 18.1 Å². The van der Waals surface area contributed by atoms with Crippen LogP contribution in [0.3, 0.4) is 0 Å². The van der Waals surface area contributed by atoms with Gasteiger partial charge in [-0.25, -0.2) is 0 Å². The van der Waals surface area contributed by atoms with E-state index in [-0.39, 0.29) is 11.9 Å². The highest BCUT2D eigenvalue weighted by atomic mass is 32.2. The van der Waals surface area contributed by atoms with Crippen molar-refractivity contribution in [1.82, 2.24) is 14.7 Å². The van der Waals surface area contributed by atoms with E-state index in [9.17, 15) is 9.00 Å². The van der Waals surface area contributed by atoms with Gasteiger partial charge in [-0.2, -0.15) is 5.10 Å². The lowest BCUT2D eigenvalue weighted by Gasteiger charge is -2.35. The molecule has 23 heavy (non-hydrogen) atoms. The van der Waals surface area contributed by atoms with Gasteiger partial charge < -0.3 is 4.90 Å². The van der Waals surface area contributed by atoms with Crippen molar-refractivity contribution in [1.29, 1.82) is 0 Å². The molecule has 1 fully saturated rings. The van der Waals surface area contributed by atoms with Gasteiger partial charge >= 0.3 is 0 Å². The van der Waals surface area contributed by atoms with Gasteiger partial charge in [0.05, 0.1) is 12.2 Å². The van der Waals surface area contributed by atoms with Crippen molar-refractivity contribution in [2.24, 2.45) is 7.05 Å². The van der Waals surface area contributed by atoms with E-state index in [1.807, 2.05) is 42.4 Å². The fourth-order valence-electron chi connectivity index (χ4n) is 2.89. The van der Waals surface area contributed by atoms with Crippen LogP contribution in [-0.4, -0.2) is 42.8 Å². The molecule has 1 saturated heterocycles. The van der Waals surface area contributed by atoms with Gasteiger partial charge in [-0.3, -0.25) is 13.7 Å². The van der Waals surface area contributed by atoms with Crippen molar-refractivity contribution in [2.45, 2.75) is 19.4 Å². The lowest BCUT2D eigenvalue weighted by Crippen LogP contribution is -2.44. The van der Waals surface area contributed by atoms with Crippen LogP contribution in [0.5, 0.6) is 0 Å². The molecule has 0 N–H and O–H groups in total. The number of carbonyl (C=O) groups excluding carboxylic acids is 1. The molecule has 1 amide bonds. The predicted octanol–water partition coefficient (Wildman–Crippen LogP) is 1.93. The Bertz CT molecular complexity index is 724. The zero-order valence-corrected chi connectivity index (χ0v) is 14.3. The van der Waals surface area contributed by atoms with E-state index in [1.54, 1.807) is 10.9 Å². The second kappa shape index (κ2) is 6.66. The minimum absolute atomic E-state index is 0.00166. The van der Waals surface area contributed by atoms with Gasteiger partial charge in [-0.15, -0.1) is 0 Å². The van der Waals surface area contributed by atoms with Gasteiger partial charge in [-0.1, -0.05) is 19.1 Å². The average molecular weight is 331 g/mol. The zero-order chi connectivity index (χ0) is 16.4. The van der Waals surface area contributed by atoms with Crippen LogP contribution in [0.4, 0.5) is 0 Å². The Morgan fingerprint density at radius 1 is 1.35 bits per heavy atom. The highest BCUT2D eigenvalue weighted by molar-refractivity contribution is 7.85. The van der Waals surface area contributed by atoms with Crippen molar-refractivity contribution < 1.29 is 9.00 Å². The van der Waals surface area contributed by atoms with Crippen LogP contribution in [0.2, 0.25) is 0 Å². The smallest absolute Gasteiger partial charge is 0.254 e. The molecule has 0 unspecified atom stereocenters. The summed E-state index contributed by atoms with van der Waals surface area (Å²) in [6, 6.07) is 7.58. The standard InChI is InChI=1S/C17H21N3O2S/c1-3-13-4-6-14(7-5-13)17(21)20-8-9-23(22)12-16(20)15-10-18-19(2)11-15/h4-7,10-11,16H,3,8-9,12H2,1-2H3/t16-,23+/m1/s1. The van der Waals surface area contributed by atoms with Crippen LogP contribution < -0.4 is 0 Å². The Morgan fingerprint density at radius 2 is 2.09 bits per heavy atom. The van der Waals surface area contributed by atoms with E-state index in [0.717, 1.165) is 12.0 Å². The van der Waals surface area contributed by atoms with Crippen molar-refractivity contribution in [3.63, 3.8) is 0 Å². The summed E-state index contributed by atoms with van der Waals surface area (Å²) in [5, 5.41) is 4.19. The molecule has 0 radical (unpaired) electrons. The summed E-state index contributed by atoms with van der Waals surface area (Å²) in [6.45, 7) is 2.61. The molecule has 2 aromatic rings. The molecule has 1 aliphatic rings. The van der Waals surface area contributed by atoms with Gasteiger partial charge in [0, 0.05) is 53.2 Å². The fraction of sp³-hybridized carbons (Fsp3) is 0.412. The minimum Gasteiger partial charge on any atom is -0.330 e. The molecule has 3 rings (SSSR count). The number of benzene rings is 1. The Hall–Kier alpha value is -1.95. The molecular formula is C17H21N3O2S. The molecule has 2 heterocycles. The number of amides is 1. The number of hydrogen-bond donors (Lipinski definition) is 0. The highest BCUT2D eigenvalue weighted by Crippen LogP contribution is 2.27. The molecule has 0 aliphatic carbocycles. The first-order valence-corrected chi connectivity index (χ1v) is 9.30. The summed E-state index contributed by atoms with van der Waals surface area (Å²) < 4.78 is 13.7. The number of rotatable bonds is 3. The van der Waals surface area contributed by atoms with E-state index in [4.69, 9.17) is 0 Å². The third kappa shape index (κ3) is 3.37. The van der Waals surface area contributed by atoms with E-state index in [0.29, 0.717) is 23.6 Å². The molecule has 5 nitrogen and oxygen atoms in total. The number of aromatic nitrogens is 2. The second-order valence-corrected chi connectivity index (χ2v) is 7.44. The van der Waals surface area contributed by atoms with Gasteiger partial charge in [0.2, 0.25) is 0 Å². The highest BCUT2D eigenvalue weighted by Gasteiger charge is 2.32. The molecule has 1 aliphatic heterocycles. The zero-order valence-electron chi connectivity index (χ0n) is 13.4.